The molecule has 0 heterocycles. The average molecular weight is 374 g/mol. The van der Waals surface area contributed by atoms with E-state index in [0.717, 1.165) is 25.7 Å². The maximum absolute atomic E-state index is 14.8. The van der Waals surface area contributed by atoms with Crippen LogP contribution in [-0.4, -0.2) is 5.92 Å². The van der Waals surface area contributed by atoms with Gasteiger partial charge >= 0.3 is 0 Å². The minimum absolute atomic E-state index is 0.370. The van der Waals surface area contributed by atoms with Crippen molar-refractivity contribution >= 4 is 0 Å². The topological polar surface area (TPSA) is 0 Å². The summed E-state index contributed by atoms with van der Waals surface area (Å²) in [6, 6.07) is 13.1. The molecule has 1 saturated carbocycles. The molecule has 27 heavy (non-hydrogen) atoms. The summed E-state index contributed by atoms with van der Waals surface area (Å²) in [6.45, 7) is 3.81. The number of rotatable bonds is 6. The van der Waals surface area contributed by atoms with E-state index >= 15 is 0 Å². The molecule has 1 aliphatic rings. The molecule has 0 N–H and O–H groups in total. The Morgan fingerprint density at radius 3 is 2.15 bits per heavy atom. The highest BCUT2D eigenvalue weighted by Crippen LogP contribution is 2.43. The molecule has 1 fully saturated rings. The van der Waals surface area contributed by atoms with Crippen molar-refractivity contribution in [2.75, 3.05) is 0 Å². The van der Waals surface area contributed by atoms with E-state index in [2.05, 4.69) is 31.2 Å². The summed E-state index contributed by atoms with van der Waals surface area (Å²) in [5, 5.41) is 0. The Bertz CT molecular complexity index is 741. The first-order valence-electron chi connectivity index (χ1n) is 10.1. The maximum Gasteiger partial charge on any atom is 0.254 e. The van der Waals surface area contributed by atoms with Crippen molar-refractivity contribution in [2.45, 2.75) is 70.6 Å². The zero-order valence-corrected chi connectivity index (χ0v) is 16.3. The minimum atomic E-state index is -2.78. The number of hydrogen-bond donors (Lipinski definition) is 0. The Balaban J connectivity index is 1.59. The highest BCUT2D eigenvalue weighted by molar-refractivity contribution is 5.27. The average Bonchev–Trinajstić information content (AvgIpc) is 2.66. The predicted octanol–water partition coefficient (Wildman–Crippen LogP) is 7.24. The van der Waals surface area contributed by atoms with Gasteiger partial charge in [-0.3, -0.25) is 0 Å². The first-order chi connectivity index (χ1) is 12.9. The van der Waals surface area contributed by atoms with Crippen molar-refractivity contribution in [3.05, 3.63) is 70.5 Å². The van der Waals surface area contributed by atoms with Gasteiger partial charge in [0.1, 0.15) is 5.82 Å². The van der Waals surface area contributed by atoms with Gasteiger partial charge in [0.25, 0.3) is 5.92 Å². The fraction of sp³-hybridized carbons (Fsp3) is 0.500. The lowest BCUT2D eigenvalue weighted by Crippen LogP contribution is -2.33. The van der Waals surface area contributed by atoms with Gasteiger partial charge in [-0.05, 0) is 73.3 Å². The van der Waals surface area contributed by atoms with Crippen LogP contribution in [0.5, 0.6) is 0 Å². The van der Waals surface area contributed by atoms with E-state index in [1.807, 2.05) is 0 Å². The molecular weight excluding hydrogens is 345 g/mol. The molecule has 1 aliphatic carbocycles. The quantitative estimate of drug-likeness (QED) is 0.500. The Kier molecular flexibility index (Phi) is 6.29. The molecule has 0 saturated heterocycles. The fourth-order valence-corrected chi connectivity index (χ4v) is 4.26. The zero-order chi connectivity index (χ0) is 19.4. The molecule has 0 spiro atoms. The molecule has 0 unspecified atom stereocenters. The van der Waals surface area contributed by atoms with Crippen LogP contribution in [0.25, 0.3) is 0 Å². The van der Waals surface area contributed by atoms with Crippen LogP contribution in [0.1, 0.15) is 67.2 Å². The van der Waals surface area contributed by atoms with Crippen molar-refractivity contribution < 1.29 is 13.2 Å². The second-order valence-corrected chi connectivity index (χ2v) is 8.06. The fourth-order valence-electron chi connectivity index (χ4n) is 4.26. The van der Waals surface area contributed by atoms with Crippen molar-refractivity contribution in [2.24, 2.45) is 5.92 Å². The van der Waals surface area contributed by atoms with Gasteiger partial charge < -0.3 is 0 Å². The van der Waals surface area contributed by atoms with Crippen LogP contribution in [0.15, 0.2) is 42.5 Å². The number of hydrogen-bond acceptors (Lipinski definition) is 0. The van der Waals surface area contributed by atoms with Gasteiger partial charge in [0.2, 0.25) is 0 Å². The molecule has 0 amide bonds. The summed E-state index contributed by atoms with van der Waals surface area (Å²) >= 11 is 0. The van der Waals surface area contributed by atoms with E-state index < -0.39 is 17.7 Å². The lowest BCUT2D eigenvalue weighted by Gasteiger charge is -2.34. The van der Waals surface area contributed by atoms with Crippen LogP contribution in [-0.2, 0) is 12.8 Å². The third-order valence-corrected chi connectivity index (χ3v) is 5.99. The van der Waals surface area contributed by atoms with E-state index in [-0.39, 0.29) is 6.42 Å². The summed E-state index contributed by atoms with van der Waals surface area (Å²) < 4.78 is 43.2. The number of benzene rings is 2. The molecular formula is C24H29F3. The van der Waals surface area contributed by atoms with E-state index in [1.54, 1.807) is 19.1 Å². The lowest BCUT2D eigenvalue weighted by molar-refractivity contribution is -0.0715. The predicted molar refractivity (Wildman–Crippen MR) is 105 cm³/mol. The van der Waals surface area contributed by atoms with Crippen molar-refractivity contribution in [3.63, 3.8) is 0 Å². The number of alkyl halides is 2. The van der Waals surface area contributed by atoms with Gasteiger partial charge in [-0.2, -0.15) is 0 Å². The summed E-state index contributed by atoms with van der Waals surface area (Å²) in [4.78, 5) is 0. The third-order valence-electron chi connectivity index (χ3n) is 5.99. The summed E-state index contributed by atoms with van der Waals surface area (Å²) in [5.41, 5.74) is 3.49. The highest BCUT2D eigenvalue weighted by Gasteiger charge is 2.41. The Labute approximate surface area is 160 Å². The smallest absolute Gasteiger partial charge is 0.207 e. The number of halogens is 3. The molecule has 0 aliphatic heterocycles. The van der Waals surface area contributed by atoms with Gasteiger partial charge in [-0.25, -0.2) is 13.2 Å². The van der Waals surface area contributed by atoms with Crippen molar-refractivity contribution in [3.8, 4) is 0 Å². The van der Waals surface area contributed by atoms with Crippen LogP contribution in [0, 0.1) is 18.7 Å². The summed E-state index contributed by atoms with van der Waals surface area (Å²) in [7, 11) is 0. The van der Waals surface area contributed by atoms with Gasteiger partial charge in [0.15, 0.2) is 0 Å². The second kappa shape index (κ2) is 8.50. The highest BCUT2D eigenvalue weighted by atomic mass is 19.3. The van der Waals surface area contributed by atoms with E-state index in [1.165, 1.54) is 17.2 Å². The van der Waals surface area contributed by atoms with E-state index in [4.69, 9.17) is 0 Å². The minimum Gasteiger partial charge on any atom is -0.207 e. The molecule has 146 valence electrons. The van der Waals surface area contributed by atoms with Gasteiger partial charge in [-0.15, -0.1) is 0 Å². The molecule has 0 bridgehead atoms. The lowest BCUT2D eigenvalue weighted by atomic mass is 9.75. The van der Waals surface area contributed by atoms with Crippen LogP contribution < -0.4 is 0 Å². The maximum atomic E-state index is 14.8. The normalized spacial score (nSPS) is 20.6. The first kappa shape index (κ1) is 20.0. The summed E-state index contributed by atoms with van der Waals surface area (Å²) in [5.74, 6) is -3.42. The van der Waals surface area contributed by atoms with Gasteiger partial charge in [0.05, 0.1) is 0 Å². The van der Waals surface area contributed by atoms with Crippen LogP contribution in [0.4, 0.5) is 13.2 Å². The van der Waals surface area contributed by atoms with Crippen LogP contribution >= 0.6 is 0 Å². The first-order valence-corrected chi connectivity index (χ1v) is 10.1. The molecule has 3 heteroatoms. The third kappa shape index (κ3) is 4.94. The molecule has 0 nitrogen and oxygen atoms in total. The van der Waals surface area contributed by atoms with E-state index in [9.17, 15) is 13.2 Å². The van der Waals surface area contributed by atoms with Gasteiger partial charge in [0, 0.05) is 12.3 Å². The van der Waals surface area contributed by atoms with E-state index in [0.29, 0.717) is 29.9 Å². The van der Waals surface area contributed by atoms with Crippen LogP contribution in [0.2, 0.25) is 0 Å². The molecule has 2 aromatic rings. The number of aryl methyl sites for hydroxylation is 2. The molecule has 0 radical (unpaired) electrons. The molecule has 3 rings (SSSR count). The van der Waals surface area contributed by atoms with Gasteiger partial charge in [-0.1, -0.05) is 49.7 Å². The largest absolute Gasteiger partial charge is 0.254 e. The Morgan fingerprint density at radius 1 is 0.926 bits per heavy atom. The second-order valence-electron chi connectivity index (χ2n) is 8.06. The summed E-state index contributed by atoms with van der Waals surface area (Å²) in [6.07, 6.45) is 4.51. The van der Waals surface area contributed by atoms with Crippen LogP contribution in [0.3, 0.4) is 0 Å². The Morgan fingerprint density at radius 2 is 1.56 bits per heavy atom. The molecule has 2 aromatic carbocycles. The monoisotopic (exact) mass is 374 g/mol. The molecule has 0 atom stereocenters. The molecule has 0 aromatic heterocycles. The SMILES string of the molecule is CCCc1ccc(C2CCC(C(F)(F)Cc3ccc(C)c(F)c3)CC2)cc1. The standard InChI is InChI=1S/C24H29F3/c1-3-4-18-7-9-20(10-8-18)21-11-13-22(14-12-21)24(26,27)16-19-6-5-17(2)23(25)15-19/h5-10,15,21-22H,3-4,11-14,16H2,1-2H3. The zero-order valence-electron chi connectivity index (χ0n) is 16.3. The van der Waals surface area contributed by atoms with Crippen molar-refractivity contribution in [1.82, 2.24) is 0 Å². The van der Waals surface area contributed by atoms with Crippen molar-refractivity contribution in [1.29, 1.82) is 0 Å². The Hall–Kier alpha value is -1.77.